The van der Waals surface area contributed by atoms with Gasteiger partial charge in [-0.2, -0.15) is 0 Å². The van der Waals surface area contributed by atoms with Crippen LogP contribution in [0.4, 0.5) is 11.4 Å². The van der Waals surface area contributed by atoms with Crippen molar-refractivity contribution in [1.29, 1.82) is 0 Å². The number of halogens is 2. The van der Waals surface area contributed by atoms with Crippen molar-refractivity contribution >= 4 is 46.2 Å². The number of anilines is 2. The van der Waals surface area contributed by atoms with E-state index < -0.39 is 0 Å². The van der Waals surface area contributed by atoms with Gasteiger partial charge in [0.1, 0.15) is 0 Å². The number of rotatable bonds is 12. The van der Waals surface area contributed by atoms with Crippen molar-refractivity contribution in [2.45, 2.75) is 53.4 Å². The summed E-state index contributed by atoms with van der Waals surface area (Å²) < 4.78 is 3.51. The van der Waals surface area contributed by atoms with Crippen molar-refractivity contribution in [1.82, 2.24) is 3.93 Å². The van der Waals surface area contributed by atoms with Gasteiger partial charge in [0.25, 0.3) is 0 Å². The maximum atomic E-state index is 3.73. The number of para-hydroxylation sites is 1. The van der Waals surface area contributed by atoms with Gasteiger partial charge in [0, 0.05) is 0 Å². The van der Waals surface area contributed by atoms with Crippen molar-refractivity contribution < 1.29 is 12.9 Å². The first-order valence-electron chi connectivity index (χ1n) is 10.4. The first-order valence-corrected chi connectivity index (χ1v) is 14.3. The van der Waals surface area contributed by atoms with Gasteiger partial charge in [-0.05, 0) is 0 Å². The fraction of sp³-hybridized carbons (Fsp3) is 0.478. The predicted octanol–water partition coefficient (Wildman–Crippen LogP) is 6.05. The Morgan fingerprint density at radius 2 is 1.45 bits per heavy atom. The van der Waals surface area contributed by atoms with Crippen molar-refractivity contribution in [3.63, 3.8) is 0 Å². The van der Waals surface area contributed by atoms with Gasteiger partial charge in [-0.3, -0.25) is 0 Å². The Bertz CT molecular complexity index is 761. The summed E-state index contributed by atoms with van der Waals surface area (Å²) in [6.45, 7) is 11.5. The second-order valence-electron chi connectivity index (χ2n) is 6.91. The monoisotopic (exact) mass is 568 g/mol. The van der Waals surface area contributed by atoms with E-state index in [4.69, 9.17) is 0 Å². The van der Waals surface area contributed by atoms with E-state index in [1.807, 2.05) is 0 Å². The van der Waals surface area contributed by atoms with E-state index in [1.54, 1.807) is 0 Å². The van der Waals surface area contributed by atoms with Crippen LogP contribution < -0.4 is 15.1 Å². The third-order valence-corrected chi connectivity index (χ3v) is 7.69. The Kier molecular flexibility index (Phi) is 11.1. The van der Waals surface area contributed by atoms with Crippen LogP contribution in [0, 0.1) is 0 Å². The van der Waals surface area contributed by atoms with Gasteiger partial charge in [0.2, 0.25) is 0 Å². The molecular weight excluding hydrogens is 537 g/mol. The standard InChI is InChI=1S/C23H33BrN3.BrH.Co/c1-5-18-11-9-12-19(6-2)22(18)25-15-16-27(24)17-26-23-20(7-3)13-10-14-21(23)8-4;;/h9-13,25-26H,5-8,15-17H2,1-4H3;1H;/q;;+1/p-1. The molecule has 0 saturated carbocycles. The van der Waals surface area contributed by atoms with Gasteiger partial charge >= 0.3 is 179 Å². The topological polar surface area (TPSA) is 27.3 Å². The third-order valence-electron chi connectivity index (χ3n) is 5.21. The average Bonchev–Trinajstić information content (AvgIpc) is 2.76. The molecule has 0 heterocycles. The van der Waals surface area contributed by atoms with E-state index in [0.717, 1.165) is 45.4 Å². The van der Waals surface area contributed by atoms with Gasteiger partial charge in [-0.15, -0.1) is 0 Å². The van der Waals surface area contributed by atoms with Crippen LogP contribution in [0.25, 0.3) is 0 Å². The first-order chi connectivity index (χ1) is 14.1. The molecule has 2 aromatic rings. The molecule has 0 bridgehead atoms. The molecule has 0 aliphatic heterocycles. The number of nitrogens with one attached hydrogen (secondary N) is 2. The van der Waals surface area contributed by atoms with E-state index in [9.17, 15) is 0 Å². The zero-order valence-corrected chi connectivity index (χ0v) is 22.1. The van der Waals surface area contributed by atoms with Crippen LogP contribution in [0.2, 0.25) is 0 Å². The van der Waals surface area contributed by atoms with Crippen molar-refractivity contribution in [3.8, 4) is 0 Å². The molecule has 2 rings (SSSR count). The molecule has 2 N–H and O–H groups in total. The second-order valence-corrected chi connectivity index (χ2v) is 9.76. The number of hydrogen-bond acceptors (Lipinski definition) is 3. The summed E-state index contributed by atoms with van der Waals surface area (Å²) in [4.78, 5) is 0. The minimum absolute atomic E-state index is 0.764. The molecule has 0 aliphatic carbocycles. The minimum atomic E-state index is 0.764. The molecular formula is C23H33Br2CoN3. The first kappa shape index (κ1) is 24.7. The maximum absolute atomic E-state index is 3.73. The van der Waals surface area contributed by atoms with E-state index in [-0.39, 0.29) is 0 Å². The van der Waals surface area contributed by atoms with Crippen molar-refractivity contribution in [2.75, 3.05) is 30.4 Å². The fourth-order valence-corrected chi connectivity index (χ4v) is 5.50. The molecule has 0 spiro atoms. The van der Waals surface area contributed by atoms with Gasteiger partial charge < -0.3 is 0 Å². The summed E-state index contributed by atoms with van der Waals surface area (Å²) in [6.07, 6.45) is 4.17. The molecule has 2 aromatic carbocycles. The van der Waals surface area contributed by atoms with Crippen LogP contribution >= 0.6 is 30.3 Å². The molecule has 163 valence electrons. The van der Waals surface area contributed by atoms with Gasteiger partial charge in [0.15, 0.2) is 0 Å². The molecule has 0 fully saturated rings. The van der Waals surface area contributed by atoms with Crippen LogP contribution in [0.3, 0.4) is 0 Å². The molecule has 0 aromatic heterocycles. The summed E-state index contributed by atoms with van der Waals surface area (Å²) in [7, 11) is 0. The molecule has 6 heteroatoms. The van der Waals surface area contributed by atoms with Crippen LogP contribution in [0.5, 0.6) is 0 Å². The van der Waals surface area contributed by atoms with E-state index in [1.165, 1.54) is 51.0 Å². The van der Waals surface area contributed by atoms with Crippen molar-refractivity contribution in [3.05, 3.63) is 52.6 Å². The van der Waals surface area contributed by atoms with E-state index in [2.05, 4.69) is 103 Å². The number of benzene rings is 2. The summed E-state index contributed by atoms with van der Waals surface area (Å²) in [5.74, 6) is 0. The van der Waals surface area contributed by atoms with E-state index in [0.29, 0.717) is 0 Å². The number of nitrogens with zero attached hydrogens (tertiary/aromatic N) is 1. The Morgan fingerprint density at radius 1 is 0.828 bits per heavy atom. The number of hydrogen-bond donors (Lipinski definition) is 2. The Balaban J connectivity index is 1.97. The van der Waals surface area contributed by atoms with Crippen LogP contribution in [0.15, 0.2) is 30.3 Å². The zero-order valence-electron chi connectivity index (χ0n) is 17.9. The molecule has 0 amide bonds. The quantitative estimate of drug-likeness (QED) is 0.241. The zero-order chi connectivity index (χ0) is 21.2. The average molecular weight is 570 g/mol. The van der Waals surface area contributed by atoms with Crippen LogP contribution in [-0.2, 0) is 38.6 Å². The molecule has 0 aliphatic rings. The van der Waals surface area contributed by atoms with Crippen LogP contribution in [0.1, 0.15) is 49.9 Å². The summed E-state index contributed by atoms with van der Waals surface area (Å²) in [6, 6.07) is 11.1. The Hall–Kier alpha value is -0.534. The molecule has 29 heavy (non-hydrogen) atoms. The molecule has 3 nitrogen and oxygen atoms in total. The summed E-state index contributed by atoms with van der Waals surface area (Å²) >= 11 is 8.51. The van der Waals surface area contributed by atoms with Gasteiger partial charge in [-0.1, -0.05) is 19.9 Å². The van der Waals surface area contributed by atoms with Crippen LogP contribution in [-0.4, -0.2) is 23.7 Å². The molecule has 0 radical (unpaired) electrons. The van der Waals surface area contributed by atoms with Gasteiger partial charge in [0.05, 0.1) is 0 Å². The molecule has 0 saturated heterocycles. The Labute approximate surface area is 198 Å². The SMILES string of the molecule is CCc1cccc(CC)c1NCCN(Br)CNc1c(CC)cc[c]([Co][Br])c1CC. The fourth-order valence-electron chi connectivity index (χ4n) is 3.59. The Morgan fingerprint density at radius 3 is 2.00 bits per heavy atom. The summed E-state index contributed by atoms with van der Waals surface area (Å²) in [5.41, 5.74) is 8.19. The predicted molar refractivity (Wildman–Crippen MR) is 132 cm³/mol. The normalized spacial score (nSPS) is 11.3. The summed E-state index contributed by atoms with van der Waals surface area (Å²) in [5, 5.41) is 7.35. The molecule has 0 unspecified atom stereocenters. The van der Waals surface area contributed by atoms with Gasteiger partial charge in [-0.25, -0.2) is 0 Å². The second kappa shape index (κ2) is 13.0. The third kappa shape index (κ3) is 6.73. The van der Waals surface area contributed by atoms with Crippen molar-refractivity contribution in [2.24, 2.45) is 0 Å². The molecule has 0 atom stereocenters. The van der Waals surface area contributed by atoms with E-state index >= 15 is 0 Å². The number of aryl methyl sites for hydroxylation is 3.